The first-order chi connectivity index (χ1) is 7.75. The molecule has 2 aliphatic heterocycles. The third-order valence-electron chi connectivity index (χ3n) is 2.25. The SMILES string of the molecule is CC(C)(C)Cl.O=C(O)N1CC2CNCC(C1)O2. The van der Waals surface area contributed by atoms with Crippen LogP contribution in [0.4, 0.5) is 4.79 Å². The lowest BCUT2D eigenvalue weighted by atomic mass is 10.1. The molecule has 2 fully saturated rings. The fourth-order valence-electron chi connectivity index (χ4n) is 1.71. The van der Waals surface area contributed by atoms with Crippen molar-refractivity contribution in [2.45, 2.75) is 37.9 Å². The van der Waals surface area contributed by atoms with Gasteiger partial charge in [0.05, 0.1) is 25.3 Å². The summed E-state index contributed by atoms with van der Waals surface area (Å²) in [5, 5.41) is 11.9. The molecule has 2 saturated heterocycles. The van der Waals surface area contributed by atoms with E-state index in [-0.39, 0.29) is 17.1 Å². The molecule has 0 aliphatic carbocycles. The number of nitrogens with zero attached hydrogens (tertiary/aromatic N) is 1. The van der Waals surface area contributed by atoms with E-state index in [0.717, 1.165) is 13.1 Å². The highest BCUT2D eigenvalue weighted by Crippen LogP contribution is 2.13. The lowest BCUT2D eigenvalue weighted by Gasteiger charge is -2.40. The van der Waals surface area contributed by atoms with Gasteiger partial charge in [-0.2, -0.15) is 0 Å². The van der Waals surface area contributed by atoms with E-state index in [1.807, 2.05) is 20.8 Å². The average molecular weight is 265 g/mol. The van der Waals surface area contributed by atoms with E-state index in [0.29, 0.717) is 13.1 Å². The lowest BCUT2D eigenvalue weighted by molar-refractivity contribution is -0.0950. The summed E-state index contributed by atoms with van der Waals surface area (Å²) in [6, 6.07) is 0. The van der Waals surface area contributed by atoms with Crippen molar-refractivity contribution in [2.75, 3.05) is 26.2 Å². The number of rotatable bonds is 0. The average Bonchev–Trinajstić information content (AvgIpc) is 2.14. The molecular weight excluding hydrogens is 244 g/mol. The molecule has 6 heteroatoms. The molecule has 0 saturated carbocycles. The van der Waals surface area contributed by atoms with Crippen LogP contribution < -0.4 is 5.32 Å². The Morgan fingerprint density at radius 3 is 2.12 bits per heavy atom. The number of fused-ring (bicyclic) bond motifs is 2. The van der Waals surface area contributed by atoms with Crippen molar-refractivity contribution in [3.63, 3.8) is 0 Å². The minimum atomic E-state index is -0.838. The molecule has 17 heavy (non-hydrogen) atoms. The number of halogens is 1. The van der Waals surface area contributed by atoms with Crippen molar-refractivity contribution < 1.29 is 14.6 Å². The van der Waals surface area contributed by atoms with Gasteiger partial charge in [0.15, 0.2) is 0 Å². The number of ether oxygens (including phenoxy) is 1. The normalized spacial score (nSPS) is 28.1. The zero-order valence-electron chi connectivity index (χ0n) is 10.6. The first kappa shape index (κ1) is 14.5. The van der Waals surface area contributed by atoms with E-state index in [1.165, 1.54) is 4.90 Å². The van der Waals surface area contributed by atoms with Crippen molar-refractivity contribution in [3.05, 3.63) is 0 Å². The van der Waals surface area contributed by atoms with Gasteiger partial charge < -0.3 is 20.1 Å². The van der Waals surface area contributed by atoms with Crippen LogP contribution in [0, 0.1) is 0 Å². The Morgan fingerprint density at radius 2 is 1.76 bits per heavy atom. The summed E-state index contributed by atoms with van der Waals surface area (Å²) < 4.78 is 5.54. The van der Waals surface area contributed by atoms with E-state index in [4.69, 9.17) is 21.4 Å². The molecule has 0 aromatic rings. The second kappa shape index (κ2) is 5.89. The number of carbonyl (C=O) groups is 1. The molecule has 0 radical (unpaired) electrons. The number of carboxylic acid groups (broad SMARTS) is 1. The number of hydrogen-bond donors (Lipinski definition) is 2. The second-order valence-corrected chi connectivity index (χ2v) is 6.43. The van der Waals surface area contributed by atoms with E-state index in [9.17, 15) is 4.79 Å². The Kier molecular flexibility index (Phi) is 5.04. The predicted octanol–water partition coefficient (Wildman–Crippen LogP) is 1.36. The number of amides is 1. The Balaban J connectivity index is 0.000000249. The van der Waals surface area contributed by atoms with Crippen molar-refractivity contribution >= 4 is 17.7 Å². The Labute approximate surface area is 107 Å². The quantitative estimate of drug-likeness (QED) is 0.649. The Hall–Kier alpha value is -0.520. The van der Waals surface area contributed by atoms with Gasteiger partial charge in [0.2, 0.25) is 0 Å². The van der Waals surface area contributed by atoms with Crippen molar-refractivity contribution in [3.8, 4) is 0 Å². The molecule has 1 amide bonds. The van der Waals surface area contributed by atoms with Crippen LogP contribution in [0.1, 0.15) is 20.8 Å². The molecule has 2 N–H and O–H groups in total. The Morgan fingerprint density at radius 1 is 1.35 bits per heavy atom. The van der Waals surface area contributed by atoms with Crippen LogP contribution in [-0.2, 0) is 4.74 Å². The second-order valence-electron chi connectivity index (χ2n) is 5.29. The molecular formula is C11H21ClN2O3. The topological polar surface area (TPSA) is 61.8 Å². The molecule has 100 valence electrons. The van der Waals surface area contributed by atoms with Gasteiger partial charge in [-0.25, -0.2) is 4.79 Å². The summed E-state index contributed by atoms with van der Waals surface area (Å²) in [4.78, 5) is 12.0. The largest absolute Gasteiger partial charge is 0.465 e. The molecule has 2 atom stereocenters. The molecule has 5 nitrogen and oxygen atoms in total. The summed E-state index contributed by atoms with van der Waals surface area (Å²) in [6.45, 7) is 8.38. The monoisotopic (exact) mass is 264 g/mol. The predicted molar refractivity (Wildman–Crippen MR) is 66.7 cm³/mol. The van der Waals surface area contributed by atoms with Crippen molar-refractivity contribution in [2.24, 2.45) is 0 Å². The highest BCUT2D eigenvalue weighted by Gasteiger charge is 2.32. The highest BCUT2D eigenvalue weighted by atomic mass is 35.5. The van der Waals surface area contributed by atoms with Crippen LogP contribution in [-0.4, -0.2) is 59.4 Å². The van der Waals surface area contributed by atoms with Crippen LogP contribution in [0.3, 0.4) is 0 Å². The first-order valence-corrected chi connectivity index (χ1v) is 6.16. The summed E-state index contributed by atoms with van der Waals surface area (Å²) in [6.07, 6.45) is -0.739. The summed E-state index contributed by atoms with van der Waals surface area (Å²) in [5.41, 5.74) is 0. The van der Waals surface area contributed by atoms with Crippen molar-refractivity contribution in [1.29, 1.82) is 0 Å². The maximum atomic E-state index is 10.6. The van der Waals surface area contributed by atoms with Crippen LogP contribution in [0.25, 0.3) is 0 Å². The fraction of sp³-hybridized carbons (Fsp3) is 0.909. The van der Waals surface area contributed by atoms with Gasteiger partial charge in [-0.05, 0) is 20.8 Å². The van der Waals surface area contributed by atoms with E-state index >= 15 is 0 Å². The molecule has 2 rings (SSSR count). The lowest BCUT2D eigenvalue weighted by Crippen LogP contribution is -2.59. The molecule has 2 bridgehead atoms. The fourth-order valence-corrected chi connectivity index (χ4v) is 1.71. The molecule has 2 heterocycles. The summed E-state index contributed by atoms with van der Waals surface area (Å²) in [7, 11) is 0. The van der Waals surface area contributed by atoms with Crippen LogP contribution in [0.15, 0.2) is 0 Å². The minimum Gasteiger partial charge on any atom is -0.465 e. The molecule has 2 unspecified atom stereocenters. The van der Waals surface area contributed by atoms with E-state index < -0.39 is 6.09 Å². The van der Waals surface area contributed by atoms with Crippen LogP contribution in [0.5, 0.6) is 0 Å². The summed E-state index contributed by atoms with van der Waals surface area (Å²) >= 11 is 5.53. The third-order valence-corrected chi connectivity index (χ3v) is 2.25. The number of nitrogens with one attached hydrogen (secondary N) is 1. The van der Waals surface area contributed by atoms with E-state index in [1.54, 1.807) is 0 Å². The third kappa shape index (κ3) is 6.10. The van der Waals surface area contributed by atoms with Crippen LogP contribution >= 0.6 is 11.6 Å². The van der Waals surface area contributed by atoms with Gasteiger partial charge in [0.1, 0.15) is 0 Å². The maximum absolute atomic E-state index is 10.6. The number of morpholine rings is 2. The van der Waals surface area contributed by atoms with Gasteiger partial charge in [0.25, 0.3) is 0 Å². The minimum absolute atomic E-state index is 0.0278. The van der Waals surface area contributed by atoms with Crippen molar-refractivity contribution in [1.82, 2.24) is 10.2 Å². The molecule has 2 aliphatic rings. The van der Waals surface area contributed by atoms with Gasteiger partial charge in [-0.1, -0.05) is 0 Å². The van der Waals surface area contributed by atoms with Crippen LogP contribution in [0.2, 0.25) is 0 Å². The molecule has 0 spiro atoms. The highest BCUT2D eigenvalue weighted by molar-refractivity contribution is 6.23. The zero-order valence-corrected chi connectivity index (χ0v) is 11.3. The van der Waals surface area contributed by atoms with Gasteiger partial charge in [-0.15, -0.1) is 11.6 Å². The van der Waals surface area contributed by atoms with Gasteiger partial charge in [-0.3, -0.25) is 0 Å². The van der Waals surface area contributed by atoms with Gasteiger partial charge >= 0.3 is 6.09 Å². The maximum Gasteiger partial charge on any atom is 0.407 e. The zero-order chi connectivity index (χ0) is 13.1. The number of alkyl halides is 1. The summed E-state index contributed by atoms with van der Waals surface area (Å²) in [5.74, 6) is 0. The molecule has 0 aromatic heterocycles. The van der Waals surface area contributed by atoms with E-state index in [2.05, 4.69) is 5.32 Å². The standard InChI is InChI=1S/C7H12N2O3.C4H9Cl/c10-7(11)9-3-5-1-8-2-6(4-9)12-5;1-4(2,3)5/h5-6,8H,1-4H2,(H,10,11);1-3H3. The smallest absolute Gasteiger partial charge is 0.407 e. The van der Waals surface area contributed by atoms with Gasteiger partial charge in [0, 0.05) is 18.0 Å². The number of hydrogen-bond acceptors (Lipinski definition) is 3. The molecule has 0 aromatic carbocycles. The Bertz CT molecular complexity index is 250. The first-order valence-electron chi connectivity index (χ1n) is 5.78.